The molecule has 0 saturated carbocycles. The molecular weight excluding hydrogens is 400 g/mol. The summed E-state index contributed by atoms with van der Waals surface area (Å²) in [7, 11) is 0. The summed E-state index contributed by atoms with van der Waals surface area (Å²) in [5.41, 5.74) is 2.16. The van der Waals surface area contributed by atoms with Gasteiger partial charge in [0.05, 0.1) is 5.60 Å². The lowest BCUT2D eigenvalue weighted by atomic mass is 9.78. The van der Waals surface area contributed by atoms with Gasteiger partial charge in [-0.15, -0.1) is 0 Å². The van der Waals surface area contributed by atoms with Gasteiger partial charge in [-0.3, -0.25) is 9.59 Å². The quantitative estimate of drug-likeness (QED) is 0.713. The van der Waals surface area contributed by atoms with Gasteiger partial charge in [-0.1, -0.05) is 60.7 Å². The number of carbonyl (C=O) groups is 2. The van der Waals surface area contributed by atoms with Crippen molar-refractivity contribution in [3.63, 3.8) is 0 Å². The summed E-state index contributed by atoms with van der Waals surface area (Å²) in [6.07, 6.45) is 5.48. The summed E-state index contributed by atoms with van der Waals surface area (Å²) < 4.78 is 6.24. The van der Waals surface area contributed by atoms with E-state index in [2.05, 4.69) is 17.4 Å². The number of ether oxygens (including phenoxy) is 1. The number of hydrogen-bond donors (Lipinski definition) is 1. The SMILES string of the molecule is O=C(CC1CCOC2(CCN(C(=O)CCc3ccccc3)CC2)C1)NCc1ccccc1. The van der Waals surface area contributed by atoms with Crippen LogP contribution in [-0.2, 0) is 27.3 Å². The first-order valence-electron chi connectivity index (χ1n) is 11.9. The van der Waals surface area contributed by atoms with Gasteiger partial charge in [-0.25, -0.2) is 0 Å². The smallest absolute Gasteiger partial charge is 0.222 e. The van der Waals surface area contributed by atoms with Crippen LogP contribution in [0.5, 0.6) is 0 Å². The van der Waals surface area contributed by atoms with Crippen molar-refractivity contribution in [1.29, 1.82) is 0 Å². The number of hydrogen-bond acceptors (Lipinski definition) is 3. The maximum absolute atomic E-state index is 12.7. The second-order valence-electron chi connectivity index (χ2n) is 9.22. The zero-order valence-corrected chi connectivity index (χ0v) is 18.8. The fourth-order valence-corrected chi connectivity index (χ4v) is 5.00. The van der Waals surface area contributed by atoms with E-state index in [0.717, 1.165) is 50.8 Å². The maximum atomic E-state index is 12.7. The first-order chi connectivity index (χ1) is 15.6. The molecule has 0 bridgehead atoms. The molecule has 2 aliphatic heterocycles. The molecular formula is C27H34N2O3. The molecule has 32 heavy (non-hydrogen) atoms. The molecule has 0 aliphatic carbocycles. The molecule has 170 valence electrons. The molecule has 4 rings (SSSR count). The predicted molar refractivity (Wildman–Crippen MR) is 125 cm³/mol. The van der Waals surface area contributed by atoms with Gasteiger partial charge in [0.25, 0.3) is 0 Å². The maximum Gasteiger partial charge on any atom is 0.222 e. The predicted octanol–water partition coefficient (Wildman–Crippen LogP) is 4.11. The first kappa shape index (κ1) is 22.5. The van der Waals surface area contributed by atoms with Crippen molar-refractivity contribution in [2.75, 3.05) is 19.7 Å². The third-order valence-corrected chi connectivity index (χ3v) is 6.90. The summed E-state index contributed by atoms with van der Waals surface area (Å²) in [4.78, 5) is 27.1. The van der Waals surface area contributed by atoms with E-state index in [0.29, 0.717) is 31.9 Å². The number of rotatable bonds is 7. The normalized spacial score (nSPS) is 20.1. The molecule has 2 heterocycles. The monoisotopic (exact) mass is 434 g/mol. The Kier molecular flexibility index (Phi) is 7.59. The second kappa shape index (κ2) is 10.8. The third kappa shape index (κ3) is 6.19. The van der Waals surface area contributed by atoms with Gasteiger partial charge in [0.2, 0.25) is 11.8 Å². The lowest BCUT2D eigenvalue weighted by molar-refractivity contribution is -0.148. The Balaban J connectivity index is 1.21. The van der Waals surface area contributed by atoms with Crippen LogP contribution in [0.3, 0.4) is 0 Å². The van der Waals surface area contributed by atoms with Gasteiger partial charge >= 0.3 is 0 Å². The average Bonchev–Trinajstić information content (AvgIpc) is 2.83. The van der Waals surface area contributed by atoms with Crippen LogP contribution in [0.15, 0.2) is 60.7 Å². The zero-order chi connectivity index (χ0) is 22.2. The van der Waals surface area contributed by atoms with E-state index >= 15 is 0 Å². The molecule has 2 fully saturated rings. The average molecular weight is 435 g/mol. The standard InChI is InChI=1S/C27H34N2O3/c30-25(28-21-23-9-5-2-6-10-23)19-24-13-18-32-27(20-24)14-16-29(17-15-27)26(31)12-11-22-7-3-1-4-8-22/h1-10,24H,11-21H2,(H,28,30). The van der Waals surface area contributed by atoms with Crippen LogP contribution in [0.25, 0.3) is 0 Å². The molecule has 2 aromatic carbocycles. The molecule has 1 N–H and O–H groups in total. The van der Waals surface area contributed by atoms with Crippen LogP contribution in [-0.4, -0.2) is 42.0 Å². The fourth-order valence-electron chi connectivity index (χ4n) is 5.00. The third-order valence-electron chi connectivity index (χ3n) is 6.90. The van der Waals surface area contributed by atoms with E-state index in [4.69, 9.17) is 4.74 Å². The highest BCUT2D eigenvalue weighted by Gasteiger charge is 2.41. The minimum atomic E-state index is -0.168. The number of piperidine rings is 1. The topological polar surface area (TPSA) is 58.6 Å². The molecule has 2 aliphatic rings. The van der Waals surface area contributed by atoms with Crippen LogP contribution in [0, 0.1) is 5.92 Å². The number of benzene rings is 2. The summed E-state index contributed by atoms with van der Waals surface area (Å²) >= 11 is 0. The molecule has 1 atom stereocenters. The Morgan fingerprint density at radius 1 is 0.969 bits per heavy atom. The van der Waals surface area contributed by atoms with Crippen molar-refractivity contribution in [3.05, 3.63) is 71.8 Å². The van der Waals surface area contributed by atoms with Crippen LogP contribution >= 0.6 is 0 Å². The van der Waals surface area contributed by atoms with E-state index in [1.165, 1.54) is 5.56 Å². The minimum absolute atomic E-state index is 0.115. The molecule has 1 unspecified atom stereocenters. The van der Waals surface area contributed by atoms with E-state index in [1.807, 2.05) is 53.4 Å². The molecule has 2 amide bonds. The van der Waals surface area contributed by atoms with E-state index < -0.39 is 0 Å². The van der Waals surface area contributed by atoms with Gasteiger partial charge in [0.15, 0.2) is 0 Å². The van der Waals surface area contributed by atoms with Crippen LogP contribution in [0.1, 0.15) is 49.7 Å². The van der Waals surface area contributed by atoms with Crippen molar-refractivity contribution in [2.24, 2.45) is 5.92 Å². The van der Waals surface area contributed by atoms with Crippen molar-refractivity contribution < 1.29 is 14.3 Å². The molecule has 2 saturated heterocycles. The second-order valence-corrected chi connectivity index (χ2v) is 9.22. The van der Waals surface area contributed by atoms with Gasteiger partial charge in [0, 0.05) is 39.1 Å². The molecule has 5 heteroatoms. The molecule has 5 nitrogen and oxygen atoms in total. The number of amides is 2. The lowest BCUT2D eigenvalue weighted by Gasteiger charge is -2.46. The van der Waals surface area contributed by atoms with Crippen molar-refractivity contribution in [2.45, 2.75) is 57.1 Å². The van der Waals surface area contributed by atoms with E-state index in [1.54, 1.807) is 0 Å². The van der Waals surface area contributed by atoms with Gasteiger partial charge in [-0.05, 0) is 49.1 Å². The number of carbonyl (C=O) groups excluding carboxylic acids is 2. The summed E-state index contributed by atoms with van der Waals surface area (Å²) in [6, 6.07) is 20.2. The summed E-state index contributed by atoms with van der Waals surface area (Å²) in [5.74, 6) is 0.695. The Morgan fingerprint density at radius 2 is 1.62 bits per heavy atom. The highest BCUT2D eigenvalue weighted by Crippen LogP contribution is 2.38. The summed E-state index contributed by atoms with van der Waals surface area (Å²) in [5, 5.41) is 3.05. The molecule has 2 aromatic rings. The molecule has 1 spiro atoms. The minimum Gasteiger partial charge on any atom is -0.375 e. The number of aryl methyl sites for hydroxylation is 1. The number of likely N-dealkylation sites (tertiary alicyclic amines) is 1. The first-order valence-corrected chi connectivity index (χ1v) is 11.9. The van der Waals surface area contributed by atoms with Crippen LogP contribution < -0.4 is 5.32 Å². The lowest BCUT2D eigenvalue weighted by Crippen LogP contribution is -2.51. The van der Waals surface area contributed by atoms with Crippen molar-refractivity contribution >= 4 is 11.8 Å². The fraction of sp³-hybridized carbons (Fsp3) is 0.481. The van der Waals surface area contributed by atoms with E-state index in [-0.39, 0.29) is 17.4 Å². The molecule has 0 aromatic heterocycles. The highest BCUT2D eigenvalue weighted by molar-refractivity contribution is 5.77. The van der Waals surface area contributed by atoms with Gasteiger partial charge in [0.1, 0.15) is 0 Å². The Morgan fingerprint density at radius 3 is 2.31 bits per heavy atom. The van der Waals surface area contributed by atoms with E-state index in [9.17, 15) is 9.59 Å². The zero-order valence-electron chi connectivity index (χ0n) is 18.8. The summed E-state index contributed by atoms with van der Waals surface area (Å²) in [6.45, 7) is 2.79. The molecule has 0 radical (unpaired) electrons. The Bertz CT molecular complexity index is 876. The van der Waals surface area contributed by atoms with Gasteiger partial charge < -0.3 is 15.0 Å². The number of nitrogens with zero attached hydrogens (tertiary/aromatic N) is 1. The van der Waals surface area contributed by atoms with Crippen LogP contribution in [0.2, 0.25) is 0 Å². The van der Waals surface area contributed by atoms with Crippen molar-refractivity contribution in [3.8, 4) is 0 Å². The largest absolute Gasteiger partial charge is 0.375 e. The number of nitrogens with one attached hydrogen (secondary N) is 1. The van der Waals surface area contributed by atoms with Gasteiger partial charge in [-0.2, -0.15) is 0 Å². The Labute approximate surface area is 191 Å². The van der Waals surface area contributed by atoms with Crippen molar-refractivity contribution in [1.82, 2.24) is 10.2 Å². The highest BCUT2D eigenvalue weighted by atomic mass is 16.5. The Hall–Kier alpha value is -2.66. The van der Waals surface area contributed by atoms with Crippen LogP contribution in [0.4, 0.5) is 0 Å².